The number of amides is 1. The Labute approximate surface area is 136 Å². The molecule has 0 aliphatic rings. The number of hydrogen-bond acceptors (Lipinski definition) is 3. The molecule has 0 atom stereocenters. The zero-order chi connectivity index (χ0) is 16.7. The predicted octanol–water partition coefficient (Wildman–Crippen LogP) is 3.63. The molecular weight excluding hydrogens is 288 g/mol. The molecule has 23 heavy (non-hydrogen) atoms. The Morgan fingerprint density at radius 2 is 2.04 bits per heavy atom. The number of rotatable bonds is 6. The average molecular weight is 308 g/mol. The second kappa shape index (κ2) is 7.94. The molecule has 0 radical (unpaired) electrons. The number of ether oxygens (including phenoxy) is 1. The zero-order valence-corrected chi connectivity index (χ0v) is 13.4. The van der Waals surface area contributed by atoms with Gasteiger partial charge in [-0.15, -0.1) is 0 Å². The quantitative estimate of drug-likeness (QED) is 0.503. The third-order valence-electron chi connectivity index (χ3n) is 3.28. The summed E-state index contributed by atoms with van der Waals surface area (Å²) in [7, 11) is 0. The van der Waals surface area contributed by atoms with Gasteiger partial charge in [0.25, 0.3) is 5.91 Å². The highest BCUT2D eigenvalue weighted by molar-refractivity contribution is 5.97. The molecule has 2 rings (SSSR count). The van der Waals surface area contributed by atoms with E-state index in [0.29, 0.717) is 17.9 Å². The summed E-state index contributed by atoms with van der Waals surface area (Å²) in [6.45, 7) is 7.99. The molecule has 2 aromatic rings. The van der Waals surface area contributed by atoms with Gasteiger partial charge in [-0.3, -0.25) is 4.79 Å². The van der Waals surface area contributed by atoms with Gasteiger partial charge in [-0.05, 0) is 37.1 Å². The van der Waals surface area contributed by atoms with E-state index < -0.39 is 0 Å². The van der Waals surface area contributed by atoms with E-state index >= 15 is 0 Å². The summed E-state index contributed by atoms with van der Waals surface area (Å²) in [4.78, 5) is 12.2. The molecule has 0 bridgehead atoms. The fourth-order valence-electron chi connectivity index (χ4n) is 2.12. The Morgan fingerprint density at radius 1 is 1.26 bits per heavy atom. The fraction of sp³-hybridized carbons (Fsp3) is 0.158. The van der Waals surface area contributed by atoms with Crippen molar-refractivity contribution in [1.29, 1.82) is 0 Å². The normalized spacial score (nSPS) is 10.5. The molecule has 118 valence electrons. The monoisotopic (exact) mass is 308 g/mol. The van der Waals surface area contributed by atoms with Gasteiger partial charge in [-0.25, -0.2) is 5.43 Å². The number of carbonyl (C=O) groups is 1. The summed E-state index contributed by atoms with van der Waals surface area (Å²) in [5, 5.41) is 4.03. The smallest absolute Gasteiger partial charge is 0.275 e. The van der Waals surface area contributed by atoms with Crippen molar-refractivity contribution in [3.05, 3.63) is 77.4 Å². The Balaban J connectivity index is 2.07. The number of nitrogens with zero attached hydrogens (tertiary/aromatic N) is 1. The van der Waals surface area contributed by atoms with Crippen molar-refractivity contribution < 1.29 is 9.53 Å². The van der Waals surface area contributed by atoms with Crippen LogP contribution in [0.3, 0.4) is 0 Å². The van der Waals surface area contributed by atoms with Crippen LogP contribution in [0.5, 0.6) is 5.75 Å². The van der Waals surface area contributed by atoms with Gasteiger partial charge < -0.3 is 4.74 Å². The highest BCUT2D eigenvalue weighted by Gasteiger charge is 2.10. The topological polar surface area (TPSA) is 50.7 Å². The number of para-hydroxylation sites is 1. The molecule has 0 aliphatic carbocycles. The Bertz CT molecular complexity index is 736. The van der Waals surface area contributed by atoms with E-state index in [2.05, 4.69) is 23.2 Å². The minimum Gasteiger partial charge on any atom is -0.489 e. The Hall–Kier alpha value is -2.88. The van der Waals surface area contributed by atoms with Crippen LogP contribution in [-0.2, 0) is 0 Å². The van der Waals surface area contributed by atoms with Gasteiger partial charge >= 0.3 is 0 Å². The van der Waals surface area contributed by atoms with Crippen LogP contribution in [0.15, 0.2) is 60.2 Å². The van der Waals surface area contributed by atoms with Gasteiger partial charge in [0, 0.05) is 0 Å². The first kappa shape index (κ1) is 16.5. The Morgan fingerprint density at radius 3 is 2.78 bits per heavy atom. The summed E-state index contributed by atoms with van der Waals surface area (Å²) >= 11 is 0. The van der Waals surface area contributed by atoms with Crippen LogP contribution in [0.2, 0.25) is 0 Å². The van der Waals surface area contributed by atoms with Crippen molar-refractivity contribution in [2.45, 2.75) is 13.8 Å². The first-order chi connectivity index (χ1) is 11.1. The minimum absolute atomic E-state index is 0.314. The Kier molecular flexibility index (Phi) is 5.69. The van der Waals surface area contributed by atoms with Gasteiger partial charge in [-0.1, -0.05) is 48.6 Å². The highest BCUT2D eigenvalue weighted by Crippen LogP contribution is 2.17. The van der Waals surface area contributed by atoms with Gasteiger partial charge in [0.05, 0.1) is 11.8 Å². The van der Waals surface area contributed by atoms with Crippen LogP contribution >= 0.6 is 0 Å². The van der Waals surface area contributed by atoms with Crippen molar-refractivity contribution in [3.63, 3.8) is 0 Å². The third-order valence-corrected chi connectivity index (χ3v) is 3.28. The number of hydrogen-bond donors (Lipinski definition) is 1. The molecule has 0 aromatic heterocycles. The van der Waals surface area contributed by atoms with E-state index in [0.717, 1.165) is 11.1 Å². The van der Waals surface area contributed by atoms with Crippen molar-refractivity contribution in [1.82, 2.24) is 5.43 Å². The van der Waals surface area contributed by atoms with Gasteiger partial charge in [0.15, 0.2) is 0 Å². The molecule has 0 fully saturated rings. The summed E-state index contributed by atoms with van der Waals surface area (Å²) in [5.74, 6) is 0.192. The van der Waals surface area contributed by atoms with Crippen LogP contribution in [0, 0.1) is 13.8 Å². The molecule has 1 N–H and O–H groups in total. The van der Waals surface area contributed by atoms with Crippen molar-refractivity contribution in [3.8, 4) is 5.75 Å². The van der Waals surface area contributed by atoms with E-state index in [1.807, 2.05) is 32.0 Å². The van der Waals surface area contributed by atoms with Crippen LogP contribution < -0.4 is 10.2 Å². The number of hydrazone groups is 1. The second-order valence-corrected chi connectivity index (χ2v) is 5.16. The minimum atomic E-state index is -0.314. The van der Waals surface area contributed by atoms with Crippen LogP contribution in [-0.4, -0.2) is 18.7 Å². The molecule has 1 amide bonds. The second-order valence-electron chi connectivity index (χ2n) is 5.16. The molecule has 0 aliphatic heterocycles. The SMILES string of the molecule is C=CCOc1ccccc1C(=O)NN=Cc1ccc(C)cc1C. The molecule has 0 saturated carbocycles. The van der Waals surface area contributed by atoms with E-state index in [4.69, 9.17) is 4.74 Å². The van der Waals surface area contributed by atoms with Crippen LogP contribution in [0.4, 0.5) is 0 Å². The summed E-state index contributed by atoms with van der Waals surface area (Å²) < 4.78 is 5.47. The zero-order valence-electron chi connectivity index (χ0n) is 13.4. The molecule has 0 heterocycles. The lowest BCUT2D eigenvalue weighted by molar-refractivity contribution is 0.0951. The lowest BCUT2D eigenvalue weighted by atomic mass is 10.1. The number of carbonyl (C=O) groups excluding carboxylic acids is 1. The largest absolute Gasteiger partial charge is 0.489 e. The fourth-order valence-corrected chi connectivity index (χ4v) is 2.12. The molecule has 4 nitrogen and oxygen atoms in total. The third kappa shape index (κ3) is 4.54. The number of nitrogens with one attached hydrogen (secondary N) is 1. The van der Waals surface area contributed by atoms with E-state index in [1.54, 1.807) is 30.5 Å². The molecule has 0 saturated heterocycles. The average Bonchev–Trinajstić information content (AvgIpc) is 2.55. The maximum atomic E-state index is 12.2. The van der Waals surface area contributed by atoms with Crippen molar-refractivity contribution >= 4 is 12.1 Å². The van der Waals surface area contributed by atoms with E-state index in [1.165, 1.54) is 5.56 Å². The molecule has 0 unspecified atom stereocenters. The maximum absolute atomic E-state index is 12.2. The number of aryl methyl sites for hydroxylation is 2. The molecule has 2 aromatic carbocycles. The maximum Gasteiger partial charge on any atom is 0.275 e. The highest BCUT2D eigenvalue weighted by atomic mass is 16.5. The van der Waals surface area contributed by atoms with Crippen LogP contribution in [0.1, 0.15) is 27.0 Å². The van der Waals surface area contributed by atoms with Crippen molar-refractivity contribution in [2.24, 2.45) is 5.10 Å². The summed E-state index contributed by atoms with van der Waals surface area (Å²) in [6, 6.07) is 13.1. The first-order valence-electron chi connectivity index (χ1n) is 7.35. The van der Waals surface area contributed by atoms with Gasteiger partial charge in [0.2, 0.25) is 0 Å². The number of benzene rings is 2. The lowest BCUT2D eigenvalue weighted by Gasteiger charge is -2.08. The summed E-state index contributed by atoms with van der Waals surface area (Å²) in [6.07, 6.45) is 3.27. The standard InChI is InChI=1S/C19H20N2O2/c1-4-11-23-18-8-6-5-7-17(18)19(22)21-20-13-16-10-9-14(2)12-15(16)3/h4-10,12-13H,1,11H2,2-3H3,(H,21,22). The van der Waals surface area contributed by atoms with Crippen LogP contribution in [0.25, 0.3) is 0 Å². The van der Waals surface area contributed by atoms with Gasteiger partial charge in [-0.2, -0.15) is 5.10 Å². The molecular formula is C19H20N2O2. The molecule has 0 spiro atoms. The first-order valence-corrected chi connectivity index (χ1v) is 7.35. The van der Waals surface area contributed by atoms with Gasteiger partial charge in [0.1, 0.15) is 12.4 Å². The van der Waals surface area contributed by atoms with Crippen molar-refractivity contribution in [2.75, 3.05) is 6.61 Å². The lowest BCUT2D eigenvalue weighted by Crippen LogP contribution is -2.18. The van der Waals surface area contributed by atoms with E-state index in [-0.39, 0.29) is 5.91 Å². The summed E-state index contributed by atoms with van der Waals surface area (Å²) in [5.41, 5.74) is 6.23. The predicted molar refractivity (Wildman–Crippen MR) is 93.1 cm³/mol. The van der Waals surface area contributed by atoms with E-state index in [9.17, 15) is 4.79 Å². The molecule has 4 heteroatoms.